The van der Waals surface area contributed by atoms with E-state index in [2.05, 4.69) is 9.72 Å². The summed E-state index contributed by atoms with van der Waals surface area (Å²) in [6, 6.07) is 1.74. The van der Waals surface area contributed by atoms with E-state index in [4.69, 9.17) is 4.42 Å². The molecule has 0 aromatic carbocycles. The van der Waals surface area contributed by atoms with Gasteiger partial charge in [-0.15, -0.1) is 0 Å². The summed E-state index contributed by atoms with van der Waals surface area (Å²) in [5, 5.41) is 0.794. The first-order valence-electron chi connectivity index (χ1n) is 3.72. The average Bonchev–Trinajstić information content (AvgIpc) is 2.63. The van der Waals surface area contributed by atoms with Crippen LogP contribution in [0, 0.1) is 0 Å². The first-order chi connectivity index (χ1) is 6.33. The molecule has 0 aliphatic rings. The molecule has 4 nitrogen and oxygen atoms in total. The molecule has 0 N–H and O–H groups in total. The van der Waals surface area contributed by atoms with Gasteiger partial charge in [0.2, 0.25) is 0 Å². The molecule has 2 aromatic heterocycles. The lowest BCUT2D eigenvalue weighted by molar-refractivity contribution is 0.0601. The number of esters is 1. The standard InChI is InChI=1S/C9H7NO3/c1-12-9(11)7-5-10-4-6-2-3-13-8(6)7/h2-5H,1H3. The van der Waals surface area contributed by atoms with Crippen LogP contribution in [0.1, 0.15) is 10.4 Å². The fourth-order valence-electron chi connectivity index (χ4n) is 1.15. The zero-order chi connectivity index (χ0) is 9.26. The first-order valence-corrected chi connectivity index (χ1v) is 3.72. The molecule has 2 aromatic rings. The molecule has 0 atom stereocenters. The maximum absolute atomic E-state index is 11.2. The average molecular weight is 177 g/mol. The second-order valence-corrected chi connectivity index (χ2v) is 2.52. The number of furan rings is 1. The predicted molar refractivity (Wildman–Crippen MR) is 45.3 cm³/mol. The number of pyridine rings is 1. The minimum Gasteiger partial charge on any atom is -0.465 e. The van der Waals surface area contributed by atoms with E-state index in [1.165, 1.54) is 19.6 Å². The molecule has 0 fully saturated rings. The summed E-state index contributed by atoms with van der Waals surface area (Å²) in [5.41, 5.74) is 0.867. The summed E-state index contributed by atoms with van der Waals surface area (Å²) in [5.74, 6) is -0.437. The van der Waals surface area contributed by atoms with Crippen molar-refractivity contribution in [3.63, 3.8) is 0 Å². The fraction of sp³-hybridized carbons (Fsp3) is 0.111. The molecular formula is C9H7NO3. The zero-order valence-corrected chi connectivity index (χ0v) is 6.98. The minimum absolute atomic E-state index is 0.352. The van der Waals surface area contributed by atoms with Gasteiger partial charge in [-0.2, -0.15) is 0 Å². The number of carbonyl (C=O) groups is 1. The van der Waals surface area contributed by atoms with Crippen molar-refractivity contribution in [1.29, 1.82) is 0 Å². The summed E-state index contributed by atoms with van der Waals surface area (Å²) < 4.78 is 9.71. The maximum atomic E-state index is 11.2. The highest BCUT2D eigenvalue weighted by Gasteiger charge is 2.12. The molecule has 66 valence electrons. The quantitative estimate of drug-likeness (QED) is 0.621. The Hall–Kier alpha value is -1.84. The van der Waals surface area contributed by atoms with E-state index in [1.807, 2.05) is 0 Å². The Morgan fingerprint density at radius 3 is 3.15 bits per heavy atom. The smallest absolute Gasteiger partial charge is 0.343 e. The van der Waals surface area contributed by atoms with Gasteiger partial charge in [-0.1, -0.05) is 0 Å². The molecule has 0 bridgehead atoms. The topological polar surface area (TPSA) is 52.3 Å². The number of aromatic nitrogens is 1. The molecule has 2 heterocycles. The van der Waals surface area contributed by atoms with Gasteiger partial charge >= 0.3 is 5.97 Å². The van der Waals surface area contributed by atoms with E-state index >= 15 is 0 Å². The van der Waals surface area contributed by atoms with Crippen LogP contribution in [-0.4, -0.2) is 18.1 Å². The van der Waals surface area contributed by atoms with Gasteiger partial charge in [-0.3, -0.25) is 4.98 Å². The van der Waals surface area contributed by atoms with Gasteiger partial charge in [0.05, 0.1) is 13.4 Å². The van der Waals surface area contributed by atoms with Crippen LogP contribution < -0.4 is 0 Å². The van der Waals surface area contributed by atoms with Gasteiger partial charge in [-0.05, 0) is 6.07 Å². The lowest BCUT2D eigenvalue weighted by Gasteiger charge is -1.97. The summed E-state index contributed by atoms with van der Waals surface area (Å²) in [6.45, 7) is 0. The van der Waals surface area contributed by atoms with Crippen molar-refractivity contribution in [3.05, 3.63) is 30.3 Å². The van der Waals surface area contributed by atoms with Gasteiger partial charge in [0.15, 0.2) is 5.58 Å². The summed E-state index contributed by atoms with van der Waals surface area (Å²) in [7, 11) is 1.32. The molecular weight excluding hydrogens is 170 g/mol. The molecule has 4 heteroatoms. The Balaban J connectivity index is 2.67. The first kappa shape index (κ1) is 7.79. The Kier molecular flexibility index (Phi) is 1.73. The molecule has 0 saturated heterocycles. The van der Waals surface area contributed by atoms with Crippen LogP contribution in [0.4, 0.5) is 0 Å². The number of fused-ring (bicyclic) bond motifs is 1. The zero-order valence-electron chi connectivity index (χ0n) is 6.98. The van der Waals surface area contributed by atoms with Crippen LogP contribution in [0.5, 0.6) is 0 Å². The van der Waals surface area contributed by atoms with E-state index in [0.717, 1.165) is 5.39 Å². The maximum Gasteiger partial charge on any atom is 0.343 e. The molecule has 0 spiro atoms. The van der Waals surface area contributed by atoms with E-state index < -0.39 is 5.97 Å². The van der Waals surface area contributed by atoms with Gasteiger partial charge in [0.1, 0.15) is 5.56 Å². The minimum atomic E-state index is -0.437. The monoisotopic (exact) mass is 177 g/mol. The lowest BCUT2D eigenvalue weighted by Crippen LogP contribution is -2.01. The second-order valence-electron chi connectivity index (χ2n) is 2.52. The van der Waals surface area contributed by atoms with Gasteiger partial charge in [0.25, 0.3) is 0 Å². The highest BCUT2D eigenvalue weighted by Crippen LogP contribution is 2.18. The molecule has 0 radical (unpaired) electrons. The lowest BCUT2D eigenvalue weighted by atomic mass is 10.2. The largest absolute Gasteiger partial charge is 0.465 e. The number of ether oxygens (including phenoxy) is 1. The van der Waals surface area contributed by atoms with Crippen molar-refractivity contribution in [3.8, 4) is 0 Å². The van der Waals surface area contributed by atoms with Crippen molar-refractivity contribution in [1.82, 2.24) is 4.98 Å². The van der Waals surface area contributed by atoms with Crippen LogP contribution in [0.3, 0.4) is 0 Å². The number of nitrogens with zero attached hydrogens (tertiary/aromatic N) is 1. The molecule has 0 aliphatic heterocycles. The number of methoxy groups -OCH3 is 1. The molecule has 0 unspecified atom stereocenters. The molecule has 0 amide bonds. The van der Waals surface area contributed by atoms with Crippen molar-refractivity contribution >= 4 is 16.9 Å². The van der Waals surface area contributed by atoms with Crippen molar-refractivity contribution < 1.29 is 13.9 Å². The van der Waals surface area contributed by atoms with Crippen LogP contribution in [0.2, 0.25) is 0 Å². The molecule has 0 aliphatic carbocycles. The van der Waals surface area contributed by atoms with Crippen LogP contribution in [0.15, 0.2) is 29.1 Å². The van der Waals surface area contributed by atoms with Crippen molar-refractivity contribution in [2.24, 2.45) is 0 Å². The van der Waals surface area contributed by atoms with Crippen LogP contribution in [0.25, 0.3) is 11.0 Å². The third kappa shape index (κ3) is 1.16. The van der Waals surface area contributed by atoms with E-state index in [1.54, 1.807) is 12.3 Å². The van der Waals surface area contributed by atoms with Crippen molar-refractivity contribution in [2.75, 3.05) is 7.11 Å². The molecule has 0 saturated carbocycles. The Morgan fingerprint density at radius 2 is 2.38 bits per heavy atom. The number of hydrogen-bond acceptors (Lipinski definition) is 4. The predicted octanol–water partition coefficient (Wildman–Crippen LogP) is 1.61. The normalized spacial score (nSPS) is 10.2. The van der Waals surface area contributed by atoms with E-state index in [9.17, 15) is 4.79 Å². The summed E-state index contributed by atoms with van der Waals surface area (Å²) in [4.78, 5) is 15.1. The van der Waals surface area contributed by atoms with Gasteiger partial charge < -0.3 is 9.15 Å². The van der Waals surface area contributed by atoms with E-state index in [0.29, 0.717) is 11.1 Å². The molecule has 13 heavy (non-hydrogen) atoms. The summed E-state index contributed by atoms with van der Waals surface area (Å²) in [6.07, 6.45) is 4.57. The van der Waals surface area contributed by atoms with E-state index in [-0.39, 0.29) is 0 Å². The Morgan fingerprint density at radius 1 is 1.54 bits per heavy atom. The van der Waals surface area contributed by atoms with Crippen molar-refractivity contribution in [2.45, 2.75) is 0 Å². The summed E-state index contributed by atoms with van der Waals surface area (Å²) >= 11 is 0. The van der Waals surface area contributed by atoms with Gasteiger partial charge in [-0.25, -0.2) is 4.79 Å². The third-order valence-corrected chi connectivity index (χ3v) is 1.76. The third-order valence-electron chi connectivity index (χ3n) is 1.76. The van der Waals surface area contributed by atoms with Crippen LogP contribution >= 0.6 is 0 Å². The highest BCUT2D eigenvalue weighted by molar-refractivity contribution is 6.01. The molecule has 2 rings (SSSR count). The number of hydrogen-bond donors (Lipinski definition) is 0. The fourth-order valence-corrected chi connectivity index (χ4v) is 1.15. The number of rotatable bonds is 1. The van der Waals surface area contributed by atoms with Gasteiger partial charge in [0, 0.05) is 17.8 Å². The Bertz CT molecular complexity index is 447. The Labute approximate surface area is 74.1 Å². The van der Waals surface area contributed by atoms with Crippen LogP contribution in [-0.2, 0) is 4.74 Å². The number of carbonyl (C=O) groups excluding carboxylic acids is 1. The second kappa shape index (κ2) is 2.90. The highest BCUT2D eigenvalue weighted by atomic mass is 16.5. The SMILES string of the molecule is COC(=O)c1cncc2ccoc12.